The van der Waals surface area contributed by atoms with E-state index in [1.807, 2.05) is 12.1 Å². The van der Waals surface area contributed by atoms with E-state index in [4.69, 9.17) is 4.74 Å². The summed E-state index contributed by atoms with van der Waals surface area (Å²) in [5, 5.41) is 6.47. The van der Waals surface area contributed by atoms with Gasteiger partial charge in [0, 0.05) is 24.0 Å². The van der Waals surface area contributed by atoms with Gasteiger partial charge in [0.15, 0.2) is 0 Å². The number of nitrogens with zero attached hydrogens (tertiary/aromatic N) is 1. The number of nitrogens with one attached hydrogen (secondary N) is 2. The third kappa shape index (κ3) is 5.88. The molecular weight excluding hydrogens is 361 g/mol. The number of halogens is 2. The molecule has 1 saturated heterocycles. The smallest absolute Gasteiger partial charge is 0.251 e. The average Bonchev–Trinajstić information content (AvgIpc) is 2.58. The number of hydrogen-bond donors (Lipinski definition) is 2. The number of hydrogen-bond acceptors (Lipinski definition) is 4. The van der Waals surface area contributed by atoms with Crippen LogP contribution in [0.3, 0.4) is 0 Å². The van der Waals surface area contributed by atoms with Crippen molar-refractivity contribution in [3.63, 3.8) is 0 Å². The molecule has 0 radical (unpaired) electrons. The highest BCUT2D eigenvalue weighted by Gasteiger charge is 2.23. The third-order valence-corrected chi connectivity index (χ3v) is 4.08. The summed E-state index contributed by atoms with van der Waals surface area (Å²) in [5.41, 5.74) is 0.613. The minimum absolute atomic E-state index is 0. The van der Waals surface area contributed by atoms with E-state index in [1.165, 1.54) is 0 Å². The monoisotopic (exact) mass is 383 g/mol. The molecule has 1 aromatic carbocycles. The first-order valence-electron chi connectivity index (χ1n) is 7.92. The molecule has 2 heterocycles. The summed E-state index contributed by atoms with van der Waals surface area (Å²) in [7, 11) is 0. The lowest BCUT2D eigenvalue weighted by Gasteiger charge is -2.30. The van der Waals surface area contributed by atoms with Crippen LogP contribution >= 0.6 is 24.8 Å². The van der Waals surface area contributed by atoms with Gasteiger partial charge in [-0.25, -0.2) is 0 Å². The summed E-state index contributed by atoms with van der Waals surface area (Å²) in [6.07, 6.45) is 4.30. The first-order valence-corrected chi connectivity index (χ1v) is 7.92. The van der Waals surface area contributed by atoms with Crippen molar-refractivity contribution in [2.24, 2.45) is 5.92 Å². The van der Waals surface area contributed by atoms with Crippen molar-refractivity contribution in [3.05, 3.63) is 54.4 Å². The van der Waals surface area contributed by atoms with Crippen LogP contribution in [0.1, 0.15) is 23.7 Å². The molecule has 2 atom stereocenters. The molecule has 5 nitrogen and oxygen atoms in total. The Kier molecular flexibility index (Phi) is 8.69. The number of piperidine rings is 1. The van der Waals surface area contributed by atoms with Crippen molar-refractivity contribution in [2.45, 2.75) is 19.4 Å². The Morgan fingerprint density at radius 1 is 1.20 bits per heavy atom. The summed E-state index contributed by atoms with van der Waals surface area (Å²) in [6, 6.07) is 11.0. The van der Waals surface area contributed by atoms with Crippen LogP contribution in [0.4, 0.5) is 0 Å². The van der Waals surface area contributed by atoms with Crippen molar-refractivity contribution in [3.8, 4) is 11.5 Å². The van der Waals surface area contributed by atoms with E-state index in [1.54, 1.807) is 36.7 Å². The summed E-state index contributed by atoms with van der Waals surface area (Å²) in [5.74, 6) is 1.72. The van der Waals surface area contributed by atoms with Crippen LogP contribution in [0.5, 0.6) is 11.5 Å². The molecule has 2 unspecified atom stereocenters. The zero-order chi connectivity index (χ0) is 16.1. The quantitative estimate of drug-likeness (QED) is 0.848. The molecule has 0 bridgehead atoms. The van der Waals surface area contributed by atoms with E-state index < -0.39 is 0 Å². The molecular formula is C18H23Cl2N3O2. The molecule has 136 valence electrons. The number of rotatable bonds is 4. The van der Waals surface area contributed by atoms with Crippen molar-refractivity contribution in [1.29, 1.82) is 0 Å². The molecule has 1 aromatic heterocycles. The van der Waals surface area contributed by atoms with Crippen LogP contribution < -0.4 is 15.4 Å². The highest BCUT2D eigenvalue weighted by molar-refractivity contribution is 5.94. The minimum Gasteiger partial charge on any atom is -0.457 e. The molecule has 1 aliphatic rings. The SMILES string of the molecule is CC1CNCCC1NC(=O)c1cccc(Oc2ccncc2)c1.Cl.Cl. The lowest BCUT2D eigenvalue weighted by atomic mass is 9.95. The topological polar surface area (TPSA) is 63.2 Å². The van der Waals surface area contributed by atoms with Gasteiger partial charge in [-0.05, 0) is 55.8 Å². The summed E-state index contributed by atoms with van der Waals surface area (Å²) in [4.78, 5) is 16.4. The fourth-order valence-electron chi connectivity index (χ4n) is 2.72. The maximum Gasteiger partial charge on any atom is 0.251 e. The van der Waals surface area contributed by atoms with Gasteiger partial charge >= 0.3 is 0 Å². The Labute approximate surface area is 160 Å². The Morgan fingerprint density at radius 3 is 2.68 bits per heavy atom. The Bertz CT molecular complexity index is 670. The molecule has 0 saturated carbocycles. The van der Waals surface area contributed by atoms with Gasteiger partial charge in [0.2, 0.25) is 0 Å². The number of aromatic nitrogens is 1. The van der Waals surface area contributed by atoms with Crippen LogP contribution in [-0.4, -0.2) is 30.0 Å². The van der Waals surface area contributed by atoms with Crippen molar-refractivity contribution in [2.75, 3.05) is 13.1 Å². The van der Waals surface area contributed by atoms with Crippen molar-refractivity contribution < 1.29 is 9.53 Å². The normalized spacial score (nSPS) is 19.1. The van der Waals surface area contributed by atoms with Crippen LogP contribution in [0.2, 0.25) is 0 Å². The lowest BCUT2D eigenvalue weighted by Crippen LogP contribution is -2.48. The van der Waals surface area contributed by atoms with Gasteiger partial charge in [-0.1, -0.05) is 13.0 Å². The Hall–Kier alpha value is -1.82. The lowest BCUT2D eigenvalue weighted by molar-refractivity contribution is 0.0914. The number of carbonyl (C=O) groups excluding carboxylic acids is 1. The highest BCUT2D eigenvalue weighted by Crippen LogP contribution is 2.21. The first-order chi connectivity index (χ1) is 11.2. The van der Waals surface area contributed by atoms with Crippen LogP contribution in [0, 0.1) is 5.92 Å². The van der Waals surface area contributed by atoms with Gasteiger partial charge in [0.25, 0.3) is 5.91 Å². The van der Waals surface area contributed by atoms with E-state index in [0.29, 0.717) is 23.0 Å². The first kappa shape index (κ1) is 21.2. The van der Waals surface area contributed by atoms with E-state index in [0.717, 1.165) is 19.5 Å². The fourth-order valence-corrected chi connectivity index (χ4v) is 2.72. The molecule has 2 N–H and O–H groups in total. The molecule has 1 aliphatic heterocycles. The summed E-state index contributed by atoms with van der Waals surface area (Å²) >= 11 is 0. The number of ether oxygens (including phenoxy) is 1. The number of benzene rings is 1. The molecule has 1 amide bonds. The number of pyridine rings is 1. The molecule has 3 rings (SSSR count). The van der Waals surface area contributed by atoms with Crippen molar-refractivity contribution in [1.82, 2.24) is 15.6 Å². The zero-order valence-electron chi connectivity index (χ0n) is 14.0. The van der Waals surface area contributed by atoms with E-state index in [9.17, 15) is 4.79 Å². The van der Waals surface area contributed by atoms with E-state index in [-0.39, 0.29) is 36.8 Å². The van der Waals surface area contributed by atoms with Gasteiger partial charge in [0.05, 0.1) is 0 Å². The maximum absolute atomic E-state index is 12.5. The highest BCUT2D eigenvalue weighted by atomic mass is 35.5. The van der Waals surface area contributed by atoms with Crippen molar-refractivity contribution >= 4 is 30.7 Å². The Morgan fingerprint density at radius 2 is 1.96 bits per heavy atom. The largest absolute Gasteiger partial charge is 0.457 e. The van der Waals surface area contributed by atoms with Crippen LogP contribution in [0.25, 0.3) is 0 Å². The van der Waals surface area contributed by atoms with Crippen LogP contribution in [0.15, 0.2) is 48.8 Å². The summed E-state index contributed by atoms with van der Waals surface area (Å²) in [6.45, 7) is 4.04. The van der Waals surface area contributed by atoms with Gasteiger partial charge in [0.1, 0.15) is 11.5 Å². The molecule has 0 aliphatic carbocycles. The van der Waals surface area contributed by atoms with E-state index in [2.05, 4.69) is 22.5 Å². The number of carbonyl (C=O) groups is 1. The predicted octanol–water partition coefficient (Wildman–Crippen LogP) is 3.45. The second kappa shape index (κ2) is 10.2. The van der Waals surface area contributed by atoms with E-state index >= 15 is 0 Å². The van der Waals surface area contributed by atoms with Crippen LogP contribution in [-0.2, 0) is 0 Å². The van der Waals surface area contributed by atoms with Gasteiger partial charge in [-0.2, -0.15) is 0 Å². The molecule has 1 fully saturated rings. The average molecular weight is 384 g/mol. The predicted molar refractivity (Wildman–Crippen MR) is 103 cm³/mol. The maximum atomic E-state index is 12.5. The second-order valence-corrected chi connectivity index (χ2v) is 5.86. The minimum atomic E-state index is -0.0519. The fraction of sp³-hybridized carbons (Fsp3) is 0.333. The molecule has 7 heteroatoms. The Balaban J connectivity index is 0.00000156. The third-order valence-electron chi connectivity index (χ3n) is 4.08. The van der Waals surface area contributed by atoms with Gasteiger partial charge < -0.3 is 15.4 Å². The molecule has 25 heavy (non-hydrogen) atoms. The molecule has 2 aromatic rings. The van der Waals surface area contributed by atoms with Gasteiger partial charge in [-0.3, -0.25) is 9.78 Å². The zero-order valence-corrected chi connectivity index (χ0v) is 15.6. The van der Waals surface area contributed by atoms with Gasteiger partial charge in [-0.15, -0.1) is 24.8 Å². The summed E-state index contributed by atoms with van der Waals surface area (Å²) < 4.78 is 5.75. The second-order valence-electron chi connectivity index (χ2n) is 5.86. The number of amides is 1. The standard InChI is InChI=1S/C18H21N3O2.2ClH/c1-13-12-20-10-7-17(13)21-18(22)14-3-2-4-16(11-14)23-15-5-8-19-9-6-15;;/h2-6,8-9,11,13,17,20H,7,10,12H2,1H3,(H,21,22);2*1H. The molecule has 0 spiro atoms.